The highest BCUT2D eigenvalue weighted by Crippen LogP contribution is 2.29. The molecule has 1 rings (SSSR count). The van der Waals surface area contributed by atoms with Gasteiger partial charge >= 0.3 is 0 Å². The molecule has 1 saturated heterocycles. The normalized spacial score (nSPS) is 23.3. The van der Waals surface area contributed by atoms with E-state index >= 15 is 0 Å². The average molecular weight is 186 g/mol. The summed E-state index contributed by atoms with van der Waals surface area (Å²) in [6.45, 7) is 8.24. The maximum Gasteiger partial charge on any atom is 0.167 e. The second-order valence-electron chi connectivity index (χ2n) is 3.89. The third kappa shape index (κ3) is 2.68. The van der Waals surface area contributed by atoms with Crippen LogP contribution in [0.3, 0.4) is 0 Å². The second kappa shape index (κ2) is 4.97. The topological polar surface area (TPSA) is 18.5 Å². The lowest BCUT2D eigenvalue weighted by molar-refractivity contribution is -0.286. The van der Waals surface area contributed by atoms with E-state index in [0.29, 0.717) is 5.92 Å². The van der Waals surface area contributed by atoms with Gasteiger partial charge < -0.3 is 9.47 Å². The van der Waals surface area contributed by atoms with E-state index in [1.807, 2.05) is 0 Å². The van der Waals surface area contributed by atoms with Crippen LogP contribution in [0.4, 0.5) is 0 Å². The number of rotatable bonds is 4. The van der Waals surface area contributed by atoms with Crippen LogP contribution in [0.2, 0.25) is 0 Å². The molecule has 0 atom stereocenters. The summed E-state index contributed by atoms with van der Waals surface area (Å²) in [5.74, 6) is 0.362. The summed E-state index contributed by atoms with van der Waals surface area (Å²) in [4.78, 5) is 0. The van der Waals surface area contributed by atoms with Gasteiger partial charge in [0.2, 0.25) is 0 Å². The van der Waals surface area contributed by atoms with Gasteiger partial charge in [-0.25, -0.2) is 0 Å². The molecule has 0 saturated carbocycles. The summed E-state index contributed by atoms with van der Waals surface area (Å²) in [6, 6.07) is 0. The first kappa shape index (κ1) is 11.0. The van der Waals surface area contributed by atoms with Gasteiger partial charge in [0.05, 0.1) is 13.2 Å². The lowest BCUT2D eigenvalue weighted by atomic mass is 10.0. The monoisotopic (exact) mass is 186 g/mol. The van der Waals surface area contributed by atoms with Crippen molar-refractivity contribution in [3.8, 4) is 0 Å². The first-order valence-corrected chi connectivity index (χ1v) is 5.54. The lowest BCUT2D eigenvalue weighted by Crippen LogP contribution is -2.43. The van der Waals surface area contributed by atoms with Gasteiger partial charge in [-0.2, -0.15) is 0 Å². The van der Waals surface area contributed by atoms with Gasteiger partial charge in [-0.3, -0.25) is 0 Å². The molecule has 0 aromatic heterocycles. The van der Waals surface area contributed by atoms with Crippen LogP contribution < -0.4 is 0 Å². The molecule has 2 heteroatoms. The van der Waals surface area contributed by atoms with E-state index in [1.165, 1.54) is 12.8 Å². The van der Waals surface area contributed by atoms with Gasteiger partial charge in [0.25, 0.3) is 0 Å². The quantitative estimate of drug-likeness (QED) is 0.672. The molecule has 0 unspecified atom stereocenters. The molecule has 1 aliphatic rings. The van der Waals surface area contributed by atoms with Crippen LogP contribution >= 0.6 is 0 Å². The van der Waals surface area contributed by atoms with E-state index < -0.39 is 0 Å². The molecular weight excluding hydrogens is 164 g/mol. The predicted octanol–water partition coefficient (Wildman–Crippen LogP) is 2.97. The Morgan fingerprint density at radius 3 is 2.00 bits per heavy atom. The van der Waals surface area contributed by atoms with Crippen molar-refractivity contribution in [3.05, 3.63) is 0 Å². The third-order valence-corrected chi connectivity index (χ3v) is 2.94. The summed E-state index contributed by atoms with van der Waals surface area (Å²) >= 11 is 0. The zero-order valence-corrected chi connectivity index (χ0v) is 9.14. The summed E-state index contributed by atoms with van der Waals surface area (Å²) in [5, 5.41) is 0. The molecule has 0 aromatic carbocycles. The molecule has 2 nitrogen and oxygen atoms in total. The zero-order chi connectivity index (χ0) is 9.73. The molecule has 1 heterocycles. The summed E-state index contributed by atoms with van der Waals surface area (Å²) in [5.41, 5.74) is 0. The lowest BCUT2D eigenvalue weighted by Gasteiger charge is -2.39. The van der Waals surface area contributed by atoms with Crippen LogP contribution in [-0.2, 0) is 9.47 Å². The fraction of sp³-hybridized carbons (Fsp3) is 1.00. The van der Waals surface area contributed by atoms with Crippen molar-refractivity contribution in [1.29, 1.82) is 0 Å². The van der Waals surface area contributed by atoms with Crippen molar-refractivity contribution in [2.24, 2.45) is 5.92 Å². The predicted molar refractivity (Wildman–Crippen MR) is 53.6 cm³/mol. The maximum atomic E-state index is 5.81. The van der Waals surface area contributed by atoms with E-state index in [9.17, 15) is 0 Å². The largest absolute Gasteiger partial charge is 0.350 e. The van der Waals surface area contributed by atoms with Crippen LogP contribution in [0, 0.1) is 5.92 Å². The Morgan fingerprint density at radius 2 is 1.62 bits per heavy atom. The number of hydrogen-bond acceptors (Lipinski definition) is 2. The Balaban J connectivity index is 2.36. The van der Waals surface area contributed by atoms with Crippen LogP contribution in [0.15, 0.2) is 0 Å². The Hall–Kier alpha value is -0.0800. The second-order valence-corrected chi connectivity index (χ2v) is 3.89. The fourth-order valence-electron chi connectivity index (χ4n) is 1.86. The van der Waals surface area contributed by atoms with Crippen LogP contribution in [0.25, 0.3) is 0 Å². The number of ether oxygens (including phenoxy) is 2. The molecular formula is C11H22O2. The van der Waals surface area contributed by atoms with Gasteiger partial charge in [-0.15, -0.1) is 0 Å². The average Bonchev–Trinajstić information content (AvgIpc) is 2.20. The molecule has 1 aliphatic heterocycles. The fourth-order valence-corrected chi connectivity index (χ4v) is 1.86. The molecule has 13 heavy (non-hydrogen) atoms. The zero-order valence-electron chi connectivity index (χ0n) is 9.14. The minimum absolute atomic E-state index is 0.260. The van der Waals surface area contributed by atoms with Crippen molar-refractivity contribution in [2.45, 2.75) is 52.2 Å². The van der Waals surface area contributed by atoms with Gasteiger partial charge in [0.1, 0.15) is 0 Å². The molecule has 1 fully saturated rings. The molecule has 0 aliphatic carbocycles. The van der Waals surface area contributed by atoms with Gasteiger partial charge in [0, 0.05) is 5.92 Å². The van der Waals surface area contributed by atoms with Crippen molar-refractivity contribution in [1.82, 2.24) is 0 Å². The Kier molecular flexibility index (Phi) is 4.20. The molecule has 0 spiro atoms. The standard InChI is InChI=1S/C11H22O2/c1-4-7-10-8-12-11(5-2,6-3)13-9-10/h10H,4-9H2,1-3H3. The summed E-state index contributed by atoms with van der Waals surface area (Å²) in [6.07, 6.45) is 4.37. The van der Waals surface area contributed by atoms with Crippen LogP contribution in [0.1, 0.15) is 46.5 Å². The van der Waals surface area contributed by atoms with Gasteiger partial charge in [0.15, 0.2) is 5.79 Å². The van der Waals surface area contributed by atoms with E-state index in [2.05, 4.69) is 20.8 Å². The van der Waals surface area contributed by atoms with Crippen molar-refractivity contribution in [2.75, 3.05) is 13.2 Å². The molecule has 0 bridgehead atoms. The summed E-state index contributed by atoms with van der Waals surface area (Å²) in [7, 11) is 0. The van der Waals surface area contributed by atoms with Crippen LogP contribution in [-0.4, -0.2) is 19.0 Å². The number of hydrogen-bond donors (Lipinski definition) is 0. The molecule has 0 amide bonds. The smallest absolute Gasteiger partial charge is 0.167 e. The Bertz CT molecular complexity index is 131. The minimum atomic E-state index is -0.260. The highest BCUT2D eigenvalue weighted by atomic mass is 16.7. The summed E-state index contributed by atoms with van der Waals surface area (Å²) < 4.78 is 11.6. The van der Waals surface area contributed by atoms with E-state index in [1.54, 1.807) is 0 Å². The van der Waals surface area contributed by atoms with Crippen LogP contribution in [0.5, 0.6) is 0 Å². The minimum Gasteiger partial charge on any atom is -0.350 e. The first-order chi connectivity index (χ1) is 6.26. The Labute approximate surface area is 81.6 Å². The first-order valence-electron chi connectivity index (χ1n) is 5.54. The van der Waals surface area contributed by atoms with Crippen molar-refractivity contribution in [3.63, 3.8) is 0 Å². The van der Waals surface area contributed by atoms with Crippen molar-refractivity contribution < 1.29 is 9.47 Å². The SMILES string of the molecule is CCCC1COC(CC)(CC)OC1. The van der Waals surface area contributed by atoms with Crippen molar-refractivity contribution >= 4 is 0 Å². The highest BCUT2D eigenvalue weighted by Gasteiger charge is 2.33. The van der Waals surface area contributed by atoms with E-state index in [-0.39, 0.29) is 5.79 Å². The maximum absolute atomic E-state index is 5.81. The highest BCUT2D eigenvalue weighted by molar-refractivity contribution is 4.73. The van der Waals surface area contributed by atoms with Gasteiger partial charge in [-0.1, -0.05) is 27.2 Å². The Morgan fingerprint density at radius 1 is 1.08 bits per heavy atom. The molecule has 0 aromatic rings. The third-order valence-electron chi connectivity index (χ3n) is 2.94. The molecule has 0 radical (unpaired) electrons. The van der Waals surface area contributed by atoms with Gasteiger partial charge in [-0.05, 0) is 19.3 Å². The van der Waals surface area contributed by atoms with E-state index in [4.69, 9.17) is 9.47 Å². The molecule has 78 valence electrons. The molecule has 0 N–H and O–H groups in total. The van der Waals surface area contributed by atoms with E-state index in [0.717, 1.165) is 26.1 Å².